The monoisotopic (exact) mass is 466 g/mol. The highest BCUT2D eigenvalue weighted by atomic mass is 19.2. The number of aryl methyl sites for hydroxylation is 2. The summed E-state index contributed by atoms with van der Waals surface area (Å²) in [6, 6.07) is 3.73. The fourth-order valence-corrected chi connectivity index (χ4v) is 3.25. The van der Waals surface area contributed by atoms with E-state index in [9.17, 15) is 22.8 Å². The number of hydrogen-bond donors (Lipinski definition) is 2. The molecule has 2 aromatic rings. The second kappa shape index (κ2) is 13.0. The lowest BCUT2D eigenvalue weighted by molar-refractivity contribution is -0.143. The molecule has 0 aliphatic rings. The molecule has 0 saturated heterocycles. The van der Waals surface area contributed by atoms with E-state index in [1.165, 1.54) is 18.2 Å². The van der Waals surface area contributed by atoms with Crippen molar-refractivity contribution in [3.63, 3.8) is 0 Å². The molecule has 3 N–H and O–H groups in total. The number of carbonyl (C=O) groups excluding carboxylic acids is 2. The van der Waals surface area contributed by atoms with E-state index in [0.717, 1.165) is 12.0 Å². The highest BCUT2D eigenvalue weighted by molar-refractivity contribution is 5.80. The molecule has 0 bridgehead atoms. The second-order valence-electron chi connectivity index (χ2n) is 8.34. The predicted molar refractivity (Wildman–Crippen MR) is 123 cm³/mol. The van der Waals surface area contributed by atoms with Gasteiger partial charge in [0.15, 0.2) is 11.6 Å². The molecule has 0 heterocycles. The van der Waals surface area contributed by atoms with Gasteiger partial charge in [-0.2, -0.15) is 0 Å². The minimum absolute atomic E-state index is 0.0985. The summed E-state index contributed by atoms with van der Waals surface area (Å²) in [6.07, 6.45) is -0.402. The summed E-state index contributed by atoms with van der Waals surface area (Å²) in [4.78, 5) is 23.7. The van der Waals surface area contributed by atoms with Crippen molar-refractivity contribution in [1.29, 1.82) is 0 Å². The quantitative estimate of drug-likeness (QED) is 0.555. The molecule has 2 rings (SSSR count). The maximum atomic E-state index is 14.6. The van der Waals surface area contributed by atoms with E-state index in [4.69, 9.17) is 10.5 Å². The number of halogens is 3. The Bertz CT molecular complexity index is 952. The Balaban J connectivity index is 0.00000125. The Morgan fingerprint density at radius 3 is 2.06 bits per heavy atom. The van der Waals surface area contributed by atoms with Crippen LogP contribution >= 0.6 is 0 Å². The van der Waals surface area contributed by atoms with Crippen molar-refractivity contribution >= 4 is 11.9 Å². The number of rotatable bonds is 7. The van der Waals surface area contributed by atoms with Gasteiger partial charge in [0.25, 0.3) is 0 Å². The molecule has 33 heavy (non-hydrogen) atoms. The average molecular weight is 467 g/mol. The Kier molecular flexibility index (Phi) is 11.1. The van der Waals surface area contributed by atoms with Gasteiger partial charge in [-0.25, -0.2) is 13.2 Å². The number of ether oxygens (including phenoxy) is 1. The van der Waals surface area contributed by atoms with Crippen LogP contribution in [-0.2, 0) is 14.3 Å². The third kappa shape index (κ3) is 8.53. The van der Waals surface area contributed by atoms with Crippen LogP contribution in [0.1, 0.15) is 56.8 Å². The molecule has 8 heteroatoms. The minimum atomic E-state index is -1.20. The first-order valence-corrected chi connectivity index (χ1v) is 10.8. The van der Waals surface area contributed by atoms with Gasteiger partial charge in [0, 0.05) is 5.56 Å². The van der Waals surface area contributed by atoms with Gasteiger partial charge in [0.1, 0.15) is 5.82 Å². The number of nitrogens with two attached hydrogens (primary N) is 1. The maximum absolute atomic E-state index is 14.6. The highest BCUT2D eigenvalue weighted by Crippen LogP contribution is 2.33. The number of esters is 1. The van der Waals surface area contributed by atoms with Crippen LogP contribution in [0, 0.1) is 37.2 Å². The van der Waals surface area contributed by atoms with Crippen LogP contribution in [0.25, 0.3) is 11.1 Å². The molecule has 0 aromatic heterocycles. The molecule has 0 aliphatic carbocycles. The summed E-state index contributed by atoms with van der Waals surface area (Å²) in [5.74, 6) is -3.29. The normalized spacial score (nSPS) is 11.5. The van der Waals surface area contributed by atoms with Crippen molar-refractivity contribution in [3.8, 4) is 11.1 Å². The Labute approximate surface area is 193 Å². The van der Waals surface area contributed by atoms with Gasteiger partial charge < -0.3 is 15.8 Å². The smallest absolute Gasteiger partial charge is 0.308 e. The zero-order valence-corrected chi connectivity index (χ0v) is 20.0. The lowest BCUT2D eigenvalue weighted by Crippen LogP contribution is -2.35. The zero-order chi connectivity index (χ0) is 25.3. The molecule has 5 nitrogen and oxygen atoms in total. The second-order valence-corrected chi connectivity index (χ2v) is 8.34. The maximum Gasteiger partial charge on any atom is 0.308 e. The van der Waals surface area contributed by atoms with Gasteiger partial charge in [-0.05, 0) is 73.2 Å². The molecule has 0 fully saturated rings. The fourth-order valence-electron chi connectivity index (χ4n) is 3.25. The van der Waals surface area contributed by atoms with Crippen molar-refractivity contribution < 1.29 is 27.5 Å². The number of nitrogens with one attached hydrogen (secondary N) is 1. The molecule has 0 spiro atoms. The van der Waals surface area contributed by atoms with E-state index in [2.05, 4.69) is 26.1 Å². The number of carbonyl (C=O) groups is 2. The molecule has 0 radical (unpaired) electrons. The zero-order valence-electron chi connectivity index (χ0n) is 20.0. The first-order chi connectivity index (χ1) is 15.4. The molecule has 0 saturated carbocycles. The molecular formula is C25H33F3N2O3. The van der Waals surface area contributed by atoms with Crippen LogP contribution in [0.15, 0.2) is 24.3 Å². The Hall–Kier alpha value is -2.87. The van der Waals surface area contributed by atoms with Gasteiger partial charge in [0.2, 0.25) is 5.91 Å². The number of benzene rings is 2. The van der Waals surface area contributed by atoms with Crippen LogP contribution in [0.5, 0.6) is 0 Å². The number of hydrogen-bond acceptors (Lipinski definition) is 4. The van der Waals surface area contributed by atoms with Crippen LogP contribution in [0.2, 0.25) is 0 Å². The third-order valence-electron chi connectivity index (χ3n) is 4.41. The third-order valence-corrected chi connectivity index (χ3v) is 4.41. The van der Waals surface area contributed by atoms with E-state index in [1.807, 2.05) is 0 Å². The summed E-state index contributed by atoms with van der Waals surface area (Å²) >= 11 is 0. The van der Waals surface area contributed by atoms with Crippen LogP contribution < -0.4 is 11.1 Å². The largest absolute Gasteiger partial charge is 0.466 e. The average Bonchev–Trinajstić information content (AvgIpc) is 2.68. The summed E-state index contributed by atoms with van der Waals surface area (Å²) < 4.78 is 47.6. The van der Waals surface area contributed by atoms with Gasteiger partial charge in [-0.15, -0.1) is 0 Å². The first kappa shape index (κ1) is 28.2. The SMILES string of the molecule is CC(C)C.CCOC(=O)CC(NC(=O)CN)c1cc(-c2c(C)cc(F)cc2C)cc(F)c1F. The molecular weight excluding hydrogens is 433 g/mol. The van der Waals surface area contributed by atoms with Crippen LogP contribution in [0.4, 0.5) is 13.2 Å². The standard InChI is InChI=1S/C21H23F3N2O3.C4H10/c1-4-29-19(28)9-17(26-18(27)10-25)15-7-13(8-16(23)21(15)24)20-11(2)5-14(22)6-12(20)3;1-4(2)3/h5-8,17H,4,9-10,25H2,1-3H3,(H,26,27);4H,1-3H3. The summed E-state index contributed by atoms with van der Waals surface area (Å²) in [6.45, 7) is 11.1. The molecule has 2 aromatic carbocycles. The summed E-state index contributed by atoms with van der Waals surface area (Å²) in [5, 5.41) is 2.43. The molecule has 1 atom stereocenters. The fraction of sp³-hybridized carbons (Fsp3) is 0.440. The van der Waals surface area contributed by atoms with Gasteiger partial charge in [-0.1, -0.05) is 20.8 Å². The van der Waals surface area contributed by atoms with E-state index >= 15 is 0 Å². The van der Waals surface area contributed by atoms with Gasteiger partial charge in [-0.3, -0.25) is 9.59 Å². The molecule has 0 aliphatic heterocycles. The topological polar surface area (TPSA) is 81.4 Å². The van der Waals surface area contributed by atoms with Gasteiger partial charge >= 0.3 is 5.97 Å². The summed E-state index contributed by atoms with van der Waals surface area (Å²) in [7, 11) is 0. The van der Waals surface area contributed by atoms with Crippen molar-refractivity contribution in [1.82, 2.24) is 5.32 Å². The van der Waals surface area contributed by atoms with Crippen LogP contribution in [0.3, 0.4) is 0 Å². The molecule has 182 valence electrons. The van der Waals surface area contributed by atoms with E-state index in [1.54, 1.807) is 20.8 Å². The summed E-state index contributed by atoms with van der Waals surface area (Å²) in [5.41, 5.74) is 6.97. The van der Waals surface area contributed by atoms with Crippen molar-refractivity contribution in [3.05, 3.63) is 58.4 Å². The first-order valence-electron chi connectivity index (χ1n) is 10.8. The van der Waals surface area contributed by atoms with Crippen LogP contribution in [-0.4, -0.2) is 25.0 Å². The van der Waals surface area contributed by atoms with Crippen molar-refractivity contribution in [2.75, 3.05) is 13.2 Å². The van der Waals surface area contributed by atoms with Crippen molar-refractivity contribution in [2.45, 2.75) is 54.0 Å². The number of amides is 1. The van der Waals surface area contributed by atoms with E-state index in [0.29, 0.717) is 22.3 Å². The van der Waals surface area contributed by atoms with E-state index in [-0.39, 0.29) is 18.7 Å². The predicted octanol–water partition coefficient (Wildman–Crippen LogP) is 5.12. The lowest BCUT2D eigenvalue weighted by atomic mass is 9.92. The van der Waals surface area contributed by atoms with Gasteiger partial charge in [0.05, 0.1) is 25.6 Å². The molecule has 1 unspecified atom stereocenters. The minimum Gasteiger partial charge on any atom is -0.466 e. The molecule has 1 amide bonds. The van der Waals surface area contributed by atoms with E-state index < -0.39 is 41.8 Å². The Morgan fingerprint density at radius 1 is 1.03 bits per heavy atom. The highest BCUT2D eigenvalue weighted by Gasteiger charge is 2.25. The van der Waals surface area contributed by atoms with Crippen molar-refractivity contribution in [2.24, 2.45) is 11.7 Å². The Morgan fingerprint density at radius 2 is 1.58 bits per heavy atom. The lowest BCUT2D eigenvalue weighted by Gasteiger charge is -2.21.